The molecule has 5 nitrogen and oxygen atoms in total. The SMILES string of the molecule is CCOc1cc(COCc2ccc(O)c(OCC)c2)ccc1O. The minimum atomic E-state index is 0.121. The summed E-state index contributed by atoms with van der Waals surface area (Å²) >= 11 is 0. The standard InChI is InChI=1S/C18H22O5/c1-3-22-17-9-13(5-7-15(17)19)11-21-12-14-6-8-16(20)18(10-14)23-4-2/h5-10,19-20H,3-4,11-12H2,1-2H3. The van der Waals surface area contributed by atoms with Gasteiger partial charge in [-0.2, -0.15) is 0 Å². The molecule has 0 aromatic heterocycles. The van der Waals surface area contributed by atoms with Gasteiger partial charge in [-0.3, -0.25) is 0 Å². The molecule has 0 aliphatic carbocycles. The van der Waals surface area contributed by atoms with E-state index in [-0.39, 0.29) is 11.5 Å². The van der Waals surface area contributed by atoms with E-state index in [1.165, 1.54) is 0 Å². The van der Waals surface area contributed by atoms with Gasteiger partial charge in [0.15, 0.2) is 23.0 Å². The van der Waals surface area contributed by atoms with Gasteiger partial charge in [0.25, 0.3) is 0 Å². The lowest BCUT2D eigenvalue weighted by atomic mass is 10.2. The van der Waals surface area contributed by atoms with Crippen LogP contribution >= 0.6 is 0 Å². The maximum atomic E-state index is 9.67. The van der Waals surface area contributed by atoms with Gasteiger partial charge in [0.05, 0.1) is 26.4 Å². The van der Waals surface area contributed by atoms with Crippen molar-refractivity contribution in [1.29, 1.82) is 0 Å². The molecule has 0 radical (unpaired) electrons. The van der Waals surface area contributed by atoms with Gasteiger partial charge in [0.1, 0.15) is 0 Å². The maximum Gasteiger partial charge on any atom is 0.161 e. The van der Waals surface area contributed by atoms with Crippen molar-refractivity contribution in [3.63, 3.8) is 0 Å². The van der Waals surface area contributed by atoms with Gasteiger partial charge in [-0.05, 0) is 49.2 Å². The summed E-state index contributed by atoms with van der Waals surface area (Å²) in [7, 11) is 0. The third kappa shape index (κ3) is 4.79. The fourth-order valence-corrected chi connectivity index (χ4v) is 2.13. The molecule has 2 N–H and O–H groups in total. The summed E-state index contributed by atoms with van der Waals surface area (Å²) in [6.07, 6.45) is 0. The average molecular weight is 318 g/mol. The van der Waals surface area contributed by atoms with Crippen LogP contribution in [0.3, 0.4) is 0 Å². The highest BCUT2D eigenvalue weighted by Crippen LogP contribution is 2.28. The van der Waals surface area contributed by atoms with E-state index < -0.39 is 0 Å². The van der Waals surface area contributed by atoms with Crippen LogP contribution in [0, 0.1) is 0 Å². The zero-order chi connectivity index (χ0) is 16.7. The van der Waals surface area contributed by atoms with Crippen molar-refractivity contribution in [1.82, 2.24) is 0 Å². The van der Waals surface area contributed by atoms with Crippen LogP contribution < -0.4 is 9.47 Å². The Morgan fingerprint density at radius 1 is 0.739 bits per heavy atom. The predicted molar refractivity (Wildman–Crippen MR) is 87.0 cm³/mol. The highest BCUT2D eigenvalue weighted by molar-refractivity contribution is 5.42. The number of phenolic OH excluding ortho intramolecular Hbond substituents is 2. The molecule has 0 aliphatic heterocycles. The summed E-state index contributed by atoms with van der Waals surface area (Å²) in [6.45, 7) is 5.50. The largest absolute Gasteiger partial charge is 0.504 e. The van der Waals surface area contributed by atoms with E-state index in [1.54, 1.807) is 36.4 Å². The molecule has 0 bridgehead atoms. The molecule has 0 fully saturated rings. The molecule has 2 rings (SSSR count). The molecular formula is C18H22O5. The Hall–Kier alpha value is -2.40. The summed E-state index contributed by atoms with van der Waals surface area (Å²) in [6, 6.07) is 10.3. The van der Waals surface area contributed by atoms with Crippen molar-refractivity contribution >= 4 is 0 Å². The molecule has 0 aliphatic rings. The number of rotatable bonds is 8. The topological polar surface area (TPSA) is 68.2 Å². The van der Waals surface area contributed by atoms with Gasteiger partial charge in [0, 0.05) is 0 Å². The summed E-state index contributed by atoms with van der Waals surface area (Å²) in [5.41, 5.74) is 1.82. The number of hydrogen-bond acceptors (Lipinski definition) is 5. The molecule has 0 saturated carbocycles. The molecule has 5 heteroatoms. The Morgan fingerprint density at radius 2 is 1.17 bits per heavy atom. The molecule has 0 unspecified atom stereocenters. The summed E-state index contributed by atoms with van der Waals surface area (Å²) in [5, 5.41) is 19.3. The van der Waals surface area contributed by atoms with Gasteiger partial charge >= 0.3 is 0 Å². The van der Waals surface area contributed by atoms with Gasteiger partial charge < -0.3 is 24.4 Å². The van der Waals surface area contributed by atoms with Crippen molar-refractivity contribution in [2.45, 2.75) is 27.1 Å². The van der Waals surface area contributed by atoms with Crippen LogP contribution in [-0.4, -0.2) is 23.4 Å². The van der Waals surface area contributed by atoms with Gasteiger partial charge in [0.2, 0.25) is 0 Å². The normalized spacial score (nSPS) is 10.5. The minimum absolute atomic E-state index is 0.121. The smallest absolute Gasteiger partial charge is 0.161 e. The van der Waals surface area contributed by atoms with Crippen molar-refractivity contribution < 1.29 is 24.4 Å². The third-order valence-corrected chi connectivity index (χ3v) is 3.19. The lowest BCUT2D eigenvalue weighted by Crippen LogP contribution is -1.98. The van der Waals surface area contributed by atoms with Gasteiger partial charge in [-0.15, -0.1) is 0 Å². The van der Waals surface area contributed by atoms with E-state index in [0.717, 1.165) is 11.1 Å². The van der Waals surface area contributed by atoms with E-state index in [9.17, 15) is 10.2 Å². The molecule has 23 heavy (non-hydrogen) atoms. The lowest BCUT2D eigenvalue weighted by Gasteiger charge is -2.10. The van der Waals surface area contributed by atoms with Crippen LogP contribution in [0.25, 0.3) is 0 Å². The first-order valence-corrected chi connectivity index (χ1v) is 7.61. The van der Waals surface area contributed by atoms with E-state index in [0.29, 0.717) is 37.9 Å². The Morgan fingerprint density at radius 3 is 1.57 bits per heavy atom. The zero-order valence-electron chi connectivity index (χ0n) is 13.4. The lowest BCUT2D eigenvalue weighted by molar-refractivity contribution is 0.106. The van der Waals surface area contributed by atoms with Crippen LogP contribution in [0.4, 0.5) is 0 Å². The van der Waals surface area contributed by atoms with Crippen LogP contribution in [0.5, 0.6) is 23.0 Å². The quantitative estimate of drug-likeness (QED) is 0.778. The Balaban J connectivity index is 1.94. The maximum absolute atomic E-state index is 9.67. The van der Waals surface area contributed by atoms with E-state index >= 15 is 0 Å². The van der Waals surface area contributed by atoms with Crippen LogP contribution in [0.2, 0.25) is 0 Å². The van der Waals surface area contributed by atoms with Crippen molar-refractivity contribution in [3.8, 4) is 23.0 Å². The fourth-order valence-electron chi connectivity index (χ4n) is 2.13. The second-order valence-corrected chi connectivity index (χ2v) is 4.96. The number of hydrogen-bond donors (Lipinski definition) is 2. The van der Waals surface area contributed by atoms with Crippen molar-refractivity contribution in [3.05, 3.63) is 47.5 Å². The molecule has 0 atom stereocenters. The summed E-state index contributed by atoms with van der Waals surface area (Å²) in [5.74, 6) is 1.15. The van der Waals surface area contributed by atoms with Crippen LogP contribution in [0.15, 0.2) is 36.4 Å². The number of aromatic hydroxyl groups is 2. The fraction of sp³-hybridized carbons (Fsp3) is 0.333. The third-order valence-electron chi connectivity index (χ3n) is 3.19. The molecule has 2 aromatic carbocycles. The number of ether oxygens (including phenoxy) is 3. The summed E-state index contributed by atoms with van der Waals surface area (Å²) in [4.78, 5) is 0. The van der Waals surface area contributed by atoms with E-state index in [2.05, 4.69) is 0 Å². The number of phenols is 2. The molecule has 0 amide bonds. The molecule has 2 aromatic rings. The Labute approximate surface area is 136 Å². The van der Waals surface area contributed by atoms with Crippen LogP contribution in [-0.2, 0) is 18.0 Å². The highest BCUT2D eigenvalue weighted by Gasteiger charge is 2.06. The first-order chi connectivity index (χ1) is 11.1. The summed E-state index contributed by atoms with van der Waals surface area (Å²) < 4.78 is 16.4. The molecule has 124 valence electrons. The molecule has 0 spiro atoms. The Kier molecular flexibility index (Phi) is 6.11. The van der Waals surface area contributed by atoms with Crippen LogP contribution in [0.1, 0.15) is 25.0 Å². The van der Waals surface area contributed by atoms with Crippen molar-refractivity contribution in [2.24, 2.45) is 0 Å². The zero-order valence-corrected chi connectivity index (χ0v) is 13.4. The molecule has 0 heterocycles. The number of benzene rings is 2. The monoisotopic (exact) mass is 318 g/mol. The van der Waals surface area contributed by atoms with E-state index in [1.807, 2.05) is 13.8 Å². The van der Waals surface area contributed by atoms with E-state index in [4.69, 9.17) is 14.2 Å². The second kappa shape index (κ2) is 8.29. The average Bonchev–Trinajstić information content (AvgIpc) is 2.54. The minimum Gasteiger partial charge on any atom is -0.504 e. The molecule has 0 saturated heterocycles. The highest BCUT2D eigenvalue weighted by atomic mass is 16.5. The molecular weight excluding hydrogens is 296 g/mol. The first-order valence-electron chi connectivity index (χ1n) is 7.61. The first kappa shape index (κ1) is 17.0. The van der Waals surface area contributed by atoms with Gasteiger partial charge in [-0.25, -0.2) is 0 Å². The predicted octanol–water partition coefficient (Wildman–Crippen LogP) is 3.61. The van der Waals surface area contributed by atoms with Gasteiger partial charge in [-0.1, -0.05) is 12.1 Å². The second-order valence-electron chi connectivity index (χ2n) is 4.96. The Bertz CT molecular complexity index is 584. The van der Waals surface area contributed by atoms with Crippen molar-refractivity contribution in [2.75, 3.05) is 13.2 Å².